The smallest absolute Gasteiger partial charge is 0.241 e. The van der Waals surface area contributed by atoms with Crippen molar-refractivity contribution in [3.63, 3.8) is 0 Å². The van der Waals surface area contributed by atoms with Crippen LogP contribution in [0.4, 0.5) is 5.69 Å². The fourth-order valence-corrected chi connectivity index (χ4v) is 1.69. The fourth-order valence-electron chi connectivity index (χ4n) is 1.69. The number of nitrogens with one attached hydrogen (secondary N) is 2. The van der Waals surface area contributed by atoms with Crippen molar-refractivity contribution in [2.45, 2.75) is 26.4 Å². The number of carbonyl (C=O) groups excluding carboxylic acids is 1. The summed E-state index contributed by atoms with van der Waals surface area (Å²) in [6, 6.07) is 7.39. The topological polar surface area (TPSA) is 71.8 Å². The maximum Gasteiger partial charge on any atom is 0.241 e. The second-order valence-electron chi connectivity index (χ2n) is 4.79. The molecule has 1 atom stereocenters. The molecule has 0 aliphatic rings. The van der Waals surface area contributed by atoms with E-state index in [1.807, 2.05) is 45.2 Å². The van der Waals surface area contributed by atoms with E-state index in [-0.39, 0.29) is 11.9 Å². The monoisotopic (exact) mass is 273 g/mol. The summed E-state index contributed by atoms with van der Waals surface area (Å²) in [6.45, 7) is 4.28. The largest absolute Gasteiger partial charge is 0.325 e. The highest BCUT2D eigenvalue weighted by Crippen LogP contribution is 2.08. The van der Waals surface area contributed by atoms with Crippen molar-refractivity contribution in [1.29, 1.82) is 0 Å². The molecule has 0 aliphatic carbocycles. The Kier molecular flexibility index (Phi) is 4.47. The van der Waals surface area contributed by atoms with Crippen LogP contribution in [0, 0.1) is 6.92 Å². The molecule has 0 aliphatic heterocycles. The summed E-state index contributed by atoms with van der Waals surface area (Å²) in [7, 11) is 1.81. The highest BCUT2D eigenvalue weighted by atomic mass is 16.2. The highest BCUT2D eigenvalue weighted by Gasteiger charge is 2.13. The molecule has 1 unspecified atom stereocenters. The summed E-state index contributed by atoms with van der Waals surface area (Å²) in [5.41, 5.74) is 1.96. The van der Waals surface area contributed by atoms with Gasteiger partial charge in [-0.1, -0.05) is 17.7 Å². The second kappa shape index (κ2) is 6.29. The molecular formula is C14H19N5O. The molecule has 0 spiro atoms. The Balaban J connectivity index is 1.84. The standard InChI is InChI=1S/C14H19N5O/c1-10-4-6-12(7-5-10)17-14(20)11(2)15-8-13-16-9-19(3)18-13/h4-7,9,11,15H,8H2,1-3H3,(H,17,20). The first-order valence-corrected chi connectivity index (χ1v) is 6.50. The van der Waals surface area contributed by atoms with Gasteiger partial charge < -0.3 is 5.32 Å². The minimum atomic E-state index is -0.319. The molecule has 20 heavy (non-hydrogen) atoms. The van der Waals surface area contributed by atoms with Crippen LogP contribution >= 0.6 is 0 Å². The van der Waals surface area contributed by atoms with E-state index in [2.05, 4.69) is 20.7 Å². The van der Waals surface area contributed by atoms with Gasteiger partial charge in [-0.3, -0.25) is 14.8 Å². The normalized spacial score (nSPS) is 12.2. The van der Waals surface area contributed by atoms with Gasteiger partial charge in [-0.25, -0.2) is 4.98 Å². The van der Waals surface area contributed by atoms with Crippen LogP contribution in [0.2, 0.25) is 0 Å². The maximum absolute atomic E-state index is 12.0. The predicted molar refractivity (Wildman–Crippen MR) is 77.1 cm³/mol. The summed E-state index contributed by atoms with van der Waals surface area (Å²) in [6.07, 6.45) is 1.63. The summed E-state index contributed by atoms with van der Waals surface area (Å²) >= 11 is 0. The minimum absolute atomic E-state index is 0.0789. The van der Waals surface area contributed by atoms with Gasteiger partial charge in [0.15, 0.2) is 5.82 Å². The Morgan fingerprint density at radius 1 is 1.35 bits per heavy atom. The van der Waals surface area contributed by atoms with Gasteiger partial charge in [0.1, 0.15) is 6.33 Å². The average Bonchev–Trinajstić information content (AvgIpc) is 2.84. The lowest BCUT2D eigenvalue weighted by molar-refractivity contribution is -0.117. The van der Waals surface area contributed by atoms with E-state index >= 15 is 0 Å². The van der Waals surface area contributed by atoms with E-state index in [9.17, 15) is 4.79 Å². The average molecular weight is 273 g/mol. The first kappa shape index (κ1) is 14.2. The van der Waals surface area contributed by atoms with Crippen LogP contribution < -0.4 is 10.6 Å². The van der Waals surface area contributed by atoms with Crippen LogP contribution in [-0.4, -0.2) is 26.7 Å². The predicted octanol–water partition coefficient (Wildman–Crippen LogP) is 1.24. The number of anilines is 1. The number of rotatable bonds is 5. The van der Waals surface area contributed by atoms with Gasteiger partial charge in [0.25, 0.3) is 0 Å². The van der Waals surface area contributed by atoms with Gasteiger partial charge >= 0.3 is 0 Å². The number of carbonyl (C=O) groups is 1. The van der Waals surface area contributed by atoms with E-state index < -0.39 is 0 Å². The summed E-state index contributed by atoms with van der Waals surface area (Å²) in [5, 5.41) is 10.1. The van der Waals surface area contributed by atoms with Gasteiger partial charge in [0.2, 0.25) is 5.91 Å². The van der Waals surface area contributed by atoms with Crippen molar-refractivity contribution < 1.29 is 4.79 Å². The van der Waals surface area contributed by atoms with Crippen LogP contribution in [-0.2, 0) is 18.4 Å². The first-order chi connectivity index (χ1) is 9.54. The molecule has 2 N–H and O–H groups in total. The Morgan fingerprint density at radius 3 is 2.65 bits per heavy atom. The molecule has 106 valence electrons. The Hall–Kier alpha value is -2.21. The van der Waals surface area contributed by atoms with Gasteiger partial charge in [0.05, 0.1) is 12.6 Å². The molecular weight excluding hydrogens is 254 g/mol. The van der Waals surface area contributed by atoms with Crippen molar-refractivity contribution in [2.24, 2.45) is 7.05 Å². The molecule has 1 heterocycles. The maximum atomic E-state index is 12.0. The number of nitrogens with zero attached hydrogens (tertiary/aromatic N) is 3. The minimum Gasteiger partial charge on any atom is -0.325 e. The molecule has 1 aromatic heterocycles. The van der Waals surface area contributed by atoms with Gasteiger partial charge in [-0.15, -0.1) is 0 Å². The van der Waals surface area contributed by atoms with Gasteiger partial charge in [-0.05, 0) is 26.0 Å². The summed E-state index contributed by atoms with van der Waals surface area (Å²) in [4.78, 5) is 16.1. The number of hydrogen-bond acceptors (Lipinski definition) is 4. The molecule has 0 fully saturated rings. The zero-order valence-corrected chi connectivity index (χ0v) is 11.9. The lowest BCUT2D eigenvalue weighted by Crippen LogP contribution is -2.37. The summed E-state index contributed by atoms with van der Waals surface area (Å²) in [5.74, 6) is 0.590. The third-order valence-electron chi connectivity index (χ3n) is 2.93. The van der Waals surface area contributed by atoms with Crippen LogP contribution in [0.5, 0.6) is 0 Å². The van der Waals surface area contributed by atoms with Crippen molar-refractivity contribution >= 4 is 11.6 Å². The second-order valence-corrected chi connectivity index (χ2v) is 4.79. The zero-order valence-electron chi connectivity index (χ0n) is 11.9. The van der Waals surface area contributed by atoms with E-state index in [4.69, 9.17) is 0 Å². The number of aryl methyl sites for hydroxylation is 2. The highest BCUT2D eigenvalue weighted by molar-refractivity contribution is 5.94. The Bertz CT molecular complexity index is 576. The fraction of sp³-hybridized carbons (Fsp3) is 0.357. The molecule has 2 aromatic rings. The van der Waals surface area contributed by atoms with Crippen LogP contribution in [0.3, 0.4) is 0 Å². The molecule has 6 heteroatoms. The summed E-state index contributed by atoms with van der Waals surface area (Å²) < 4.78 is 1.63. The van der Waals surface area contributed by atoms with Crippen molar-refractivity contribution in [3.8, 4) is 0 Å². The Labute approximate surface area is 118 Å². The molecule has 0 radical (unpaired) electrons. The molecule has 0 saturated carbocycles. The van der Waals surface area contributed by atoms with E-state index in [0.717, 1.165) is 11.3 Å². The molecule has 1 amide bonds. The molecule has 0 bridgehead atoms. The number of amides is 1. The van der Waals surface area contributed by atoms with Gasteiger partial charge in [0, 0.05) is 12.7 Å². The lowest BCUT2D eigenvalue weighted by Gasteiger charge is -2.13. The van der Waals surface area contributed by atoms with Crippen molar-refractivity contribution in [3.05, 3.63) is 42.0 Å². The van der Waals surface area contributed by atoms with Crippen LogP contribution in [0.1, 0.15) is 18.3 Å². The number of hydrogen-bond donors (Lipinski definition) is 2. The first-order valence-electron chi connectivity index (χ1n) is 6.50. The van der Waals surface area contributed by atoms with Crippen LogP contribution in [0.15, 0.2) is 30.6 Å². The van der Waals surface area contributed by atoms with Crippen molar-refractivity contribution in [2.75, 3.05) is 5.32 Å². The molecule has 0 saturated heterocycles. The third kappa shape index (κ3) is 3.89. The third-order valence-corrected chi connectivity index (χ3v) is 2.93. The van der Waals surface area contributed by atoms with E-state index in [1.165, 1.54) is 0 Å². The number of aromatic nitrogens is 3. The van der Waals surface area contributed by atoms with Crippen LogP contribution in [0.25, 0.3) is 0 Å². The quantitative estimate of drug-likeness (QED) is 0.859. The zero-order chi connectivity index (χ0) is 14.5. The number of benzene rings is 1. The van der Waals surface area contributed by atoms with E-state index in [0.29, 0.717) is 12.4 Å². The lowest BCUT2D eigenvalue weighted by atomic mass is 10.2. The van der Waals surface area contributed by atoms with Crippen molar-refractivity contribution in [1.82, 2.24) is 20.1 Å². The Morgan fingerprint density at radius 2 is 2.05 bits per heavy atom. The van der Waals surface area contributed by atoms with E-state index in [1.54, 1.807) is 11.0 Å². The van der Waals surface area contributed by atoms with Gasteiger partial charge in [-0.2, -0.15) is 5.10 Å². The molecule has 2 rings (SSSR count). The SMILES string of the molecule is Cc1ccc(NC(=O)C(C)NCc2ncn(C)n2)cc1. The molecule has 1 aromatic carbocycles. The molecule has 6 nitrogen and oxygen atoms in total.